The minimum atomic E-state index is 0.421. The maximum Gasteiger partial charge on any atom is 0.142 e. The van der Waals surface area contributed by atoms with Crippen molar-refractivity contribution in [3.8, 4) is 0 Å². The van der Waals surface area contributed by atoms with E-state index >= 15 is 0 Å². The third-order valence-electron chi connectivity index (χ3n) is 5.54. The highest BCUT2D eigenvalue weighted by atomic mass is 127. The highest BCUT2D eigenvalue weighted by Gasteiger charge is 2.47. The van der Waals surface area contributed by atoms with Gasteiger partial charge in [-0.05, 0) is 79.4 Å². The second-order valence-corrected chi connectivity index (χ2v) is 8.00. The van der Waals surface area contributed by atoms with Gasteiger partial charge in [0.25, 0.3) is 0 Å². The van der Waals surface area contributed by atoms with Crippen LogP contribution in [0, 0.1) is 10.5 Å². The van der Waals surface area contributed by atoms with E-state index in [-0.39, 0.29) is 0 Å². The molecule has 0 radical (unpaired) electrons. The van der Waals surface area contributed by atoms with Crippen LogP contribution in [0.25, 0.3) is 0 Å². The van der Waals surface area contributed by atoms with Crippen molar-refractivity contribution >= 4 is 22.6 Å². The SMILES string of the molecule is Cc1cc(C2[C@@H](c3ccc(I)cc3)C[C@@H]3CC[C@H]2N3C)on1. The van der Waals surface area contributed by atoms with Crippen molar-refractivity contribution in [1.29, 1.82) is 0 Å². The van der Waals surface area contributed by atoms with Gasteiger partial charge < -0.3 is 4.52 Å². The minimum absolute atomic E-state index is 0.421. The predicted molar refractivity (Wildman–Crippen MR) is 95.1 cm³/mol. The number of rotatable bonds is 2. The van der Waals surface area contributed by atoms with E-state index in [4.69, 9.17) is 4.52 Å². The first-order chi connectivity index (χ1) is 10.6. The Kier molecular flexibility index (Phi) is 3.77. The molecule has 2 aliphatic heterocycles. The molecular formula is C18H21IN2O. The molecule has 2 fully saturated rings. The molecule has 116 valence electrons. The molecule has 2 bridgehead atoms. The molecule has 1 aromatic carbocycles. The van der Waals surface area contributed by atoms with E-state index in [0.717, 1.165) is 17.5 Å². The summed E-state index contributed by atoms with van der Waals surface area (Å²) < 4.78 is 7.00. The lowest BCUT2D eigenvalue weighted by molar-refractivity contribution is 0.122. The molecule has 3 heterocycles. The average molecular weight is 408 g/mol. The van der Waals surface area contributed by atoms with E-state index in [1.807, 2.05) is 6.92 Å². The molecule has 0 amide bonds. The Morgan fingerprint density at radius 1 is 1.23 bits per heavy atom. The van der Waals surface area contributed by atoms with Crippen LogP contribution in [-0.4, -0.2) is 29.2 Å². The highest BCUT2D eigenvalue weighted by molar-refractivity contribution is 14.1. The standard InChI is InChI=1S/C18H21IN2O/c1-11-9-17(22-20-11)18-15(12-3-5-13(19)6-4-12)10-14-7-8-16(18)21(14)2/h3-6,9,14-16,18H,7-8,10H2,1-2H3/t14-,15+,16+,18?/m0/s1. The normalized spacial score (nSPS) is 31.6. The van der Waals surface area contributed by atoms with Gasteiger partial charge in [-0.15, -0.1) is 0 Å². The van der Waals surface area contributed by atoms with Crippen molar-refractivity contribution in [3.63, 3.8) is 0 Å². The molecule has 1 unspecified atom stereocenters. The van der Waals surface area contributed by atoms with Gasteiger partial charge in [0.1, 0.15) is 5.76 Å². The average Bonchev–Trinajstić information content (AvgIpc) is 3.02. The van der Waals surface area contributed by atoms with Crippen LogP contribution in [0.5, 0.6) is 0 Å². The van der Waals surface area contributed by atoms with Crippen LogP contribution < -0.4 is 0 Å². The van der Waals surface area contributed by atoms with Crippen LogP contribution in [0.2, 0.25) is 0 Å². The summed E-state index contributed by atoms with van der Waals surface area (Å²) in [5, 5.41) is 4.15. The summed E-state index contributed by atoms with van der Waals surface area (Å²) in [6, 6.07) is 12.5. The molecule has 0 N–H and O–H groups in total. The van der Waals surface area contributed by atoms with Gasteiger partial charge in [-0.2, -0.15) is 0 Å². The summed E-state index contributed by atoms with van der Waals surface area (Å²) in [4.78, 5) is 2.58. The van der Waals surface area contributed by atoms with Crippen molar-refractivity contribution in [1.82, 2.24) is 10.1 Å². The van der Waals surface area contributed by atoms with E-state index in [2.05, 4.69) is 70.0 Å². The summed E-state index contributed by atoms with van der Waals surface area (Å²) in [6.07, 6.45) is 3.80. The van der Waals surface area contributed by atoms with Crippen LogP contribution in [-0.2, 0) is 0 Å². The molecule has 2 aliphatic rings. The Morgan fingerprint density at radius 2 is 2.00 bits per heavy atom. The van der Waals surface area contributed by atoms with Gasteiger partial charge in [-0.1, -0.05) is 17.3 Å². The number of halogens is 1. The second kappa shape index (κ2) is 5.64. The zero-order valence-corrected chi connectivity index (χ0v) is 15.2. The molecule has 0 saturated carbocycles. The van der Waals surface area contributed by atoms with Gasteiger partial charge in [0.2, 0.25) is 0 Å². The Bertz CT molecular complexity index is 666. The van der Waals surface area contributed by atoms with Gasteiger partial charge in [0.15, 0.2) is 0 Å². The zero-order chi connectivity index (χ0) is 15.3. The van der Waals surface area contributed by atoms with Gasteiger partial charge in [-0.25, -0.2) is 0 Å². The molecule has 0 spiro atoms. The first-order valence-corrected chi connectivity index (χ1v) is 9.12. The molecule has 1 aromatic heterocycles. The number of aryl methyl sites for hydroxylation is 1. The van der Waals surface area contributed by atoms with Crippen molar-refractivity contribution in [3.05, 3.63) is 50.9 Å². The first-order valence-electron chi connectivity index (χ1n) is 8.04. The third-order valence-corrected chi connectivity index (χ3v) is 6.26. The second-order valence-electron chi connectivity index (χ2n) is 6.75. The smallest absolute Gasteiger partial charge is 0.142 e. The Labute approximate surface area is 145 Å². The van der Waals surface area contributed by atoms with Crippen molar-refractivity contribution in [2.75, 3.05) is 7.05 Å². The minimum Gasteiger partial charge on any atom is -0.361 e. The number of fused-ring (bicyclic) bond motifs is 2. The molecule has 22 heavy (non-hydrogen) atoms. The zero-order valence-electron chi connectivity index (χ0n) is 13.0. The molecular weight excluding hydrogens is 387 g/mol. The first kappa shape index (κ1) is 14.7. The molecule has 4 heteroatoms. The summed E-state index contributed by atoms with van der Waals surface area (Å²) in [7, 11) is 2.28. The predicted octanol–water partition coefficient (Wildman–Crippen LogP) is 4.32. The largest absolute Gasteiger partial charge is 0.361 e. The summed E-state index contributed by atoms with van der Waals surface area (Å²) in [6.45, 7) is 2.01. The van der Waals surface area contributed by atoms with Crippen LogP contribution in [0.1, 0.15) is 48.1 Å². The van der Waals surface area contributed by atoms with Gasteiger partial charge in [0.05, 0.1) is 5.69 Å². The third kappa shape index (κ3) is 2.40. The number of hydrogen-bond acceptors (Lipinski definition) is 3. The quantitative estimate of drug-likeness (QED) is 0.694. The monoisotopic (exact) mass is 408 g/mol. The molecule has 4 rings (SSSR count). The Morgan fingerprint density at radius 3 is 2.68 bits per heavy atom. The van der Waals surface area contributed by atoms with Gasteiger partial charge in [0, 0.05) is 27.6 Å². The van der Waals surface area contributed by atoms with E-state index < -0.39 is 0 Å². The van der Waals surface area contributed by atoms with E-state index in [1.54, 1.807) is 0 Å². The fraction of sp³-hybridized carbons (Fsp3) is 0.500. The number of benzene rings is 1. The lowest BCUT2D eigenvalue weighted by Gasteiger charge is -2.42. The maximum atomic E-state index is 5.70. The highest BCUT2D eigenvalue weighted by Crippen LogP contribution is 2.50. The van der Waals surface area contributed by atoms with E-state index in [0.29, 0.717) is 17.9 Å². The molecule has 0 aliphatic carbocycles. The maximum absolute atomic E-state index is 5.70. The fourth-order valence-electron chi connectivity index (χ4n) is 4.45. The fourth-order valence-corrected chi connectivity index (χ4v) is 4.81. The topological polar surface area (TPSA) is 29.3 Å². The number of nitrogens with zero attached hydrogens (tertiary/aromatic N) is 2. The number of piperidine rings is 1. The van der Waals surface area contributed by atoms with Crippen molar-refractivity contribution in [2.45, 2.75) is 50.1 Å². The molecule has 2 aromatic rings. The lowest BCUT2D eigenvalue weighted by Crippen LogP contribution is -2.44. The van der Waals surface area contributed by atoms with Crippen LogP contribution >= 0.6 is 22.6 Å². The summed E-state index contributed by atoms with van der Waals surface area (Å²) in [5.74, 6) is 2.03. The van der Waals surface area contributed by atoms with Gasteiger partial charge >= 0.3 is 0 Å². The van der Waals surface area contributed by atoms with E-state index in [1.165, 1.54) is 28.4 Å². The van der Waals surface area contributed by atoms with E-state index in [9.17, 15) is 0 Å². The molecule has 2 saturated heterocycles. The lowest BCUT2D eigenvalue weighted by atomic mass is 9.75. The van der Waals surface area contributed by atoms with Crippen molar-refractivity contribution in [2.24, 2.45) is 0 Å². The summed E-state index contributed by atoms with van der Waals surface area (Å²) >= 11 is 2.37. The number of aromatic nitrogens is 1. The Hall–Kier alpha value is -0.880. The van der Waals surface area contributed by atoms with Crippen LogP contribution in [0.15, 0.2) is 34.9 Å². The van der Waals surface area contributed by atoms with Crippen molar-refractivity contribution < 1.29 is 4.52 Å². The molecule has 4 atom stereocenters. The number of likely N-dealkylation sites (N-methyl/N-ethyl adjacent to an activating group) is 1. The van der Waals surface area contributed by atoms with Gasteiger partial charge in [-0.3, -0.25) is 4.90 Å². The molecule has 3 nitrogen and oxygen atoms in total. The summed E-state index contributed by atoms with van der Waals surface area (Å²) in [5.41, 5.74) is 2.43. The van der Waals surface area contributed by atoms with Crippen LogP contribution in [0.4, 0.5) is 0 Å². The van der Waals surface area contributed by atoms with Crippen LogP contribution in [0.3, 0.4) is 0 Å². The number of hydrogen-bond donors (Lipinski definition) is 0. The Balaban J connectivity index is 1.76.